The number of aromatic nitrogens is 2. The van der Waals surface area contributed by atoms with Crippen molar-refractivity contribution in [1.82, 2.24) is 9.55 Å². The summed E-state index contributed by atoms with van der Waals surface area (Å²) in [5, 5.41) is 7.14. The molecule has 4 nitrogen and oxygen atoms in total. The van der Waals surface area contributed by atoms with Gasteiger partial charge in [0.25, 0.3) is 0 Å². The maximum Gasteiger partial charge on any atom is 0.307 e. The van der Waals surface area contributed by atoms with Crippen molar-refractivity contribution in [2.75, 3.05) is 4.90 Å². The quantitative estimate of drug-likeness (QED) is 0.200. The molecule has 0 N–H and O–H groups in total. The summed E-state index contributed by atoms with van der Waals surface area (Å²) in [6.45, 7) is 0. The van der Waals surface area contributed by atoms with Crippen molar-refractivity contribution in [2.24, 2.45) is 0 Å². The van der Waals surface area contributed by atoms with Gasteiger partial charge in [-0.2, -0.15) is 4.98 Å². The lowest BCUT2D eigenvalue weighted by Gasteiger charge is -2.21. The van der Waals surface area contributed by atoms with Crippen molar-refractivity contribution < 1.29 is 4.42 Å². The molecular weight excluding hydrogens is 583 g/mol. The van der Waals surface area contributed by atoms with E-state index >= 15 is 0 Å². The van der Waals surface area contributed by atoms with Gasteiger partial charge in [-0.25, -0.2) is 0 Å². The van der Waals surface area contributed by atoms with Crippen LogP contribution in [0, 0.1) is 0 Å². The van der Waals surface area contributed by atoms with Crippen LogP contribution in [-0.2, 0) is 0 Å². The van der Waals surface area contributed by atoms with E-state index in [-0.39, 0.29) is 0 Å². The third-order valence-electron chi connectivity index (χ3n) is 9.01. The van der Waals surface area contributed by atoms with E-state index < -0.39 is 0 Å². The van der Waals surface area contributed by atoms with Gasteiger partial charge in [0.05, 0.1) is 22.4 Å². The Hall–Kier alpha value is -5.91. The zero-order valence-electron chi connectivity index (χ0n) is 24.6. The number of hydrogen-bond acceptors (Lipinski definition) is 4. The number of nitrogens with zero attached hydrogens (tertiary/aromatic N) is 3. The Bertz CT molecular complexity index is 2770. The molecule has 0 fully saturated rings. The van der Waals surface area contributed by atoms with Gasteiger partial charge < -0.3 is 8.98 Å². The molecule has 5 heteroatoms. The first-order valence-electron chi connectivity index (χ1n) is 15.4. The summed E-state index contributed by atoms with van der Waals surface area (Å²) in [6.07, 6.45) is 0. The molecule has 0 atom stereocenters. The highest BCUT2D eigenvalue weighted by atomic mass is 32.1. The molecule has 0 unspecified atom stereocenters. The van der Waals surface area contributed by atoms with Gasteiger partial charge in [0.15, 0.2) is 5.58 Å². The van der Waals surface area contributed by atoms with Crippen molar-refractivity contribution in [3.05, 3.63) is 152 Å². The number of thiophene rings is 1. The van der Waals surface area contributed by atoms with Gasteiger partial charge in [0.1, 0.15) is 5.52 Å². The van der Waals surface area contributed by atoms with Crippen LogP contribution in [0.3, 0.4) is 0 Å². The number of hydrogen-bond donors (Lipinski definition) is 0. The molecule has 216 valence electrons. The minimum atomic E-state index is 0.540. The summed E-state index contributed by atoms with van der Waals surface area (Å²) in [5.41, 5.74) is 7.08. The standard InChI is InChI=1S/C41H25N3OS/c1-2-11-27(12-3-1)44-35-16-8-6-14-31(35)34-24-28(20-22-36(34)44)43(29-19-21-33-32-15-7-9-17-38(32)46-39(33)25-29)41-42-40-30-13-5-4-10-26(30)18-23-37(40)45-41/h1-25H. The van der Waals surface area contributed by atoms with Crippen LogP contribution >= 0.6 is 11.3 Å². The predicted octanol–water partition coefficient (Wildman–Crippen LogP) is 11.9. The van der Waals surface area contributed by atoms with Gasteiger partial charge in [-0.15, -0.1) is 11.3 Å². The van der Waals surface area contributed by atoms with Crippen molar-refractivity contribution in [2.45, 2.75) is 0 Å². The van der Waals surface area contributed by atoms with Crippen LogP contribution in [0.15, 0.2) is 156 Å². The highest BCUT2D eigenvalue weighted by Crippen LogP contribution is 2.43. The fourth-order valence-electron chi connectivity index (χ4n) is 6.92. The fraction of sp³-hybridized carbons (Fsp3) is 0. The predicted molar refractivity (Wildman–Crippen MR) is 193 cm³/mol. The number of rotatable bonds is 4. The highest BCUT2D eigenvalue weighted by molar-refractivity contribution is 7.25. The molecular formula is C41H25N3OS. The second-order valence-corrected chi connectivity index (χ2v) is 12.7. The van der Waals surface area contributed by atoms with E-state index in [1.54, 1.807) is 0 Å². The van der Waals surface area contributed by atoms with Gasteiger partial charge in [-0.1, -0.05) is 91.0 Å². The molecule has 0 bridgehead atoms. The summed E-state index contributed by atoms with van der Waals surface area (Å²) in [5.74, 6) is 0. The van der Waals surface area contributed by atoms with Crippen molar-refractivity contribution in [1.29, 1.82) is 0 Å². The molecule has 10 rings (SSSR count). The Kier molecular flexibility index (Phi) is 5.41. The van der Waals surface area contributed by atoms with Crippen LogP contribution in [0.5, 0.6) is 0 Å². The molecule has 0 radical (unpaired) electrons. The minimum absolute atomic E-state index is 0.540. The van der Waals surface area contributed by atoms with Crippen LogP contribution in [0.25, 0.3) is 69.5 Å². The zero-order valence-corrected chi connectivity index (χ0v) is 25.4. The number of para-hydroxylation sites is 2. The van der Waals surface area contributed by atoms with Crippen molar-refractivity contribution in [3.8, 4) is 5.69 Å². The molecule has 0 aliphatic rings. The second kappa shape index (κ2) is 9.80. The van der Waals surface area contributed by atoms with Gasteiger partial charge in [0, 0.05) is 42.0 Å². The van der Waals surface area contributed by atoms with E-state index in [4.69, 9.17) is 9.40 Å². The molecule has 0 aliphatic carbocycles. The number of benzene rings is 7. The largest absolute Gasteiger partial charge is 0.423 e. The molecule has 10 aromatic rings. The lowest BCUT2D eigenvalue weighted by Crippen LogP contribution is -2.10. The Balaban J connectivity index is 1.24. The number of anilines is 3. The smallest absolute Gasteiger partial charge is 0.307 e. The van der Waals surface area contributed by atoms with Crippen molar-refractivity contribution in [3.63, 3.8) is 0 Å². The van der Waals surface area contributed by atoms with E-state index in [2.05, 4.69) is 155 Å². The maximum atomic E-state index is 6.61. The van der Waals surface area contributed by atoms with Crippen LogP contribution in [0.1, 0.15) is 0 Å². The molecule has 0 saturated heterocycles. The molecule has 7 aromatic carbocycles. The van der Waals surface area contributed by atoms with E-state index in [0.717, 1.165) is 44.5 Å². The topological polar surface area (TPSA) is 34.2 Å². The summed E-state index contributed by atoms with van der Waals surface area (Å²) in [6, 6.07) is 54.2. The third kappa shape index (κ3) is 3.76. The highest BCUT2D eigenvalue weighted by Gasteiger charge is 2.22. The van der Waals surface area contributed by atoms with Crippen LogP contribution in [-0.4, -0.2) is 9.55 Å². The zero-order chi connectivity index (χ0) is 30.2. The first-order valence-corrected chi connectivity index (χ1v) is 16.2. The fourth-order valence-corrected chi connectivity index (χ4v) is 8.06. The molecule has 0 spiro atoms. The molecule has 3 aromatic heterocycles. The van der Waals surface area contributed by atoms with Gasteiger partial charge in [-0.3, -0.25) is 4.90 Å². The van der Waals surface area contributed by atoms with E-state index in [1.165, 1.54) is 36.5 Å². The SMILES string of the molecule is c1ccc(-n2c3ccccc3c3cc(N(c4ccc5c(c4)sc4ccccc45)c4nc5c(ccc6ccccc65)o4)ccc32)cc1. The molecule has 0 saturated carbocycles. The Morgan fingerprint density at radius 1 is 0.522 bits per heavy atom. The molecule has 0 aliphatic heterocycles. The van der Waals surface area contributed by atoms with Crippen LogP contribution in [0.4, 0.5) is 17.4 Å². The Morgan fingerprint density at radius 3 is 2.13 bits per heavy atom. The Labute approximate surface area is 268 Å². The Morgan fingerprint density at radius 2 is 1.22 bits per heavy atom. The molecule has 3 heterocycles. The number of oxazole rings is 1. The first kappa shape index (κ1) is 25.4. The maximum absolute atomic E-state index is 6.61. The number of fused-ring (bicyclic) bond motifs is 9. The average Bonchev–Trinajstić information content (AvgIpc) is 3.80. The summed E-state index contributed by atoms with van der Waals surface area (Å²) < 4.78 is 11.5. The minimum Gasteiger partial charge on any atom is -0.423 e. The molecule has 46 heavy (non-hydrogen) atoms. The van der Waals surface area contributed by atoms with Gasteiger partial charge in [-0.05, 0) is 66.0 Å². The van der Waals surface area contributed by atoms with E-state index in [1.807, 2.05) is 17.4 Å². The van der Waals surface area contributed by atoms with Crippen LogP contribution < -0.4 is 4.90 Å². The van der Waals surface area contributed by atoms with Crippen molar-refractivity contribution >= 4 is 92.6 Å². The van der Waals surface area contributed by atoms with Gasteiger partial charge in [0.2, 0.25) is 0 Å². The van der Waals surface area contributed by atoms with Crippen LogP contribution in [0.2, 0.25) is 0 Å². The molecule has 0 amide bonds. The first-order chi connectivity index (χ1) is 22.8. The van der Waals surface area contributed by atoms with E-state index in [9.17, 15) is 0 Å². The summed E-state index contributed by atoms with van der Waals surface area (Å²) in [4.78, 5) is 7.33. The average molecular weight is 608 g/mol. The monoisotopic (exact) mass is 607 g/mol. The normalized spacial score (nSPS) is 11.9. The second-order valence-electron chi connectivity index (χ2n) is 11.6. The van der Waals surface area contributed by atoms with Gasteiger partial charge >= 0.3 is 6.01 Å². The summed E-state index contributed by atoms with van der Waals surface area (Å²) in [7, 11) is 0. The van der Waals surface area contributed by atoms with E-state index in [0.29, 0.717) is 6.01 Å². The third-order valence-corrected chi connectivity index (χ3v) is 10.1. The lowest BCUT2D eigenvalue weighted by atomic mass is 10.1. The summed E-state index contributed by atoms with van der Waals surface area (Å²) >= 11 is 1.81. The lowest BCUT2D eigenvalue weighted by molar-refractivity contribution is 0.608.